The smallest absolute Gasteiger partial charge is 0.105 e. The average Bonchev–Trinajstić information content (AvgIpc) is 2.28. The molecule has 5 N–H and O–H groups in total. The number of hydrogen-bond acceptors (Lipinski definition) is 4. The number of anilines is 1. The minimum Gasteiger partial charge on any atom is -0.399 e. The molecule has 90 valence electrons. The molecule has 0 heterocycles. The third-order valence-electron chi connectivity index (χ3n) is 2.68. The van der Waals surface area contributed by atoms with Crippen LogP contribution < -0.4 is 11.1 Å². The number of hydrogen-bond donors (Lipinski definition) is 4. The van der Waals surface area contributed by atoms with E-state index >= 15 is 0 Å². The molecular weight excluding hydrogens is 204 g/mol. The largest absolute Gasteiger partial charge is 0.399 e. The molecule has 4 heteroatoms. The molecule has 0 amide bonds. The van der Waals surface area contributed by atoms with Crippen LogP contribution in [0.3, 0.4) is 0 Å². The molecule has 0 aliphatic rings. The molecule has 0 fully saturated rings. The van der Waals surface area contributed by atoms with Crippen molar-refractivity contribution in [3.05, 3.63) is 29.3 Å². The average molecular weight is 224 g/mol. The first-order valence-electron chi connectivity index (χ1n) is 5.43. The molecule has 0 aliphatic heterocycles. The maximum Gasteiger partial charge on any atom is 0.105 e. The molecule has 0 aromatic heterocycles. The molecule has 2 unspecified atom stereocenters. The van der Waals surface area contributed by atoms with Crippen LogP contribution in [0.25, 0.3) is 0 Å². The van der Waals surface area contributed by atoms with Gasteiger partial charge in [-0.1, -0.05) is 6.07 Å². The van der Waals surface area contributed by atoms with Crippen LogP contribution in [0, 0.1) is 6.92 Å². The van der Waals surface area contributed by atoms with Gasteiger partial charge < -0.3 is 21.3 Å². The van der Waals surface area contributed by atoms with Crippen LogP contribution in [-0.4, -0.2) is 29.9 Å². The van der Waals surface area contributed by atoms with E-state index < -0.39 is 12.2 Å². The number of rotatable bonds is 5. The fourth-order valence-electron chi connectivity index (χ4n) is 1.63. The first kappa shape index (κ1) is 13.0. The number of nitrogens with one attached hydrogen (secondary N) is 1. The molecule has 0 spiro atoms. The zero-order chi connectivity index (χ0) is 12.1. The lowest BCUT2D eigenvalue weighted by atomic mass is 9.97. The first-order chi connectivity index (χ1) is 7.56. The molecule has 4 nitrogen and oxygen atoms in total. The van der Waals surface area contributed by atoms with Crippen molar-refractivity contribution in [2.75, 3.05) is 19.3 Å². The van der Waals surface area contributed by atoms with E-state index in [2.05, 4.69) is 5.32 Å². The summed E-state index contributed by atoms with van der Waals surface area (Å²) in [6.07, 6.45) is -1.14. The third-order valence-corrected chi connectivity index (χ3v) is 2.68. The van der Waals surface area contributed by atoms with E-state index in [0.717, 1.165) is 5.56 Å². The minimum absolute atomic E-state index is 0.506. The van der Waals surface area contributed by atoms with Gasteiger partial charge in [0, 0.05) is 5.69 Å². The van der Waals surface area contributed by atoms with Crippen molar-refractivity contribution in [1.29, 1.82) is 0 Å². The Morgan fingerprint density at radius 1 is 1.38 bits per heavy atom. The van der Waals surface area contributed by atoms with Gasteiger partial charge in [-0.05, 0) is 50.2 Å². The highest BCUT2D eigenvalue weighted by Gasteiger charge is 2.19. The summed E-state index contributed by atoms with van der Waals surface area (Å²) in [5.41, 5.74) is 7.89. The summed E-state index contributed by atoms with van der Waals surface area (Å²) in [5, 5.41) is 22.7. The number of aliphatic hydroxyl groups excluding tert-OH is 2. The van der Waals surface area contributed by atoms with Crippen LogP contribution in [0.1, 0.15) is 23.7 Å². The van der Waals surface area contributed by atoms with Gasteiger partial charge in [0.05, 0.1) is 6.10 Å². The minimum atomic E-state index is -0.878. The fourth-order valence-corrected chi connectivity index (χ4v) is 1.63. The molecule has 0 saturated heterocycles. The number of benzene rings is 1. The standard InChI is InChI=1S/C12H20N2O2/c1-8-3-4-9(13)7-10(8)12(16)11(15)5-6-14-2/h3-4,7,11-12,14-16H,5-6,13H2,1-2H3. The van der Waals surface area contributed by atoms with Gasteiger partial charge in [-0.2, -0.15) is 0 Å². The van der Waals surface area contributed by atoms with Crippen molar-refractivity contribution < 1.29 is 10.2 Å². The number of nitrogen functional groups attached to an aromatic ring is 1. The Morgan fingerprint density at radius 2 is 2.06 bits per heavy atom. The lowest BCUT2D eigenvalue weighted by Gasteiger charge is -2.20. The Hall–Kier alpha value is -1.10. The number of nitrogens with two attached hydrogens (primary N) is 1. The van der Waals surface area contributed by atoms with Crippen molar-refractivity contribution >= 4 is 5.69 Å². The van der Waals surface area contributed by atoms with Crippen LogP contribution >= 0.6 is 0 Å². The summed E-state index contributed by atoms with van der Waals surface area (Å²) in [6.45, 7) is 2.56. The Morgan fingerprint density at radius 3 is 2.69 bits per heavy atom. The molecular formula is C12H20N2O2. The zero-order valence-corrected chi connectivity index (χ0v) is 9.77. The third kappa shape index (κ3) is 3.20. The normalized spacial score (nSPS) is 14.8. The summed E-state index contributed by atoms with van der Waals surface area (Å²) in [4.78, 5) is 0. The Bertz CT molecular complexity index is 342. The van der Waals surface area contributed by atoms with E-state index in [0.29, 0.717) is 24.2 Å². The molecule has 0 aliphatic carbocycles. The van der Waals surface area contributed by atoms with Crippen molar-refractivity contribution in [3.8, 4) is 0 Å². The van der Waals surface area contributed by atoms with Crippen molar-refractivity contribution in [2.45, 2.75) is 25.6 Å². The van der Waals surface area contributed by atoms with E-state index in [-0.39, 0.29) is 0 Å². The molecule has 0 saturated carbocycles. The monoisotopic (exact) mass is 224 g/mol. The van der Waals surface area contributed by atoms with Gasteiger partial charge in [0.25, 0.3) is 0 Å². The van der Waals surface area contributed by atoms with Crippen LogP contribution in [0.15, 0.2) is 18.2 Å². The lowest BCUT2D eigenvalue weighted by Crippen LogP contribution is -2.23. The van der Waals surface area contributed by atoms with E-state index in [4.69, 9.17) is 5.73 Å². The van der Waals surface area contributed by atoms with E-state index in [1.165, 1.54) is 0 Å². The SMILES string of the molecule is CNCCC(O)C(O)c1cc(N)ccc1C. The Labute approximate surface area is 96.1 Å². The maximum atomic E-state index is 9.99. The molecule has 0 radical (unpaired) electrons. The van der Waals surface area contributed by atoms with Gasteiger partial charge in [-0.25, -0.2) is 0 Å². The summed E-state index contributed by atoms with van der Waals surface area (Å²) in [6, 6.07) is 5.34. The second kappa shape index (κ2) is 5.84. The van der Waals surface area contributed by atoms with Crippen LogP contribution in [0.4, 0.5) is 5.69 Å². The van der Waals surface area contributed by atoms with E-state index in [9.17, 15) is 10.2 Å². The van der Waals surface area contributed by atoms with Gasteiger partial charge in [-0.15, -0.1) is 0 Å². The molecule has 1 aromatic carbocycles. The summed E-state index contributed by atoms with van der Waals surface area (Å²) >= 11 is 0. The highest BCUT2D eigenvalue weighted by Crippen LogP contribution is 2.24. The Kier molecular flexibility index (Phi) is 4.73. The molecule has 2 atom stereocenters. The molecule has 0 bridgehead atoms. The second-order valence-corrected chi connectivity index (χ2v) is 4.02. The lowest BCUT2D eigenvalue weighted by molar-refractivity contribution is 0.0137. The summed E-state index contributed by atoms with van der Waals surface area (Å²) in [5.74, 6) is 0. The summed E-state index contributed by atoms with van der Waals surface area (Å²) < 4.78 is 0. The van der Waals surface area contributed by atoms with Gasteiger partial charge in [0.15, 0.2) is 0 Å². The van der Waals surface area contributed by atoms with Crippen molar-refractivity contribution in [2.24, 2.45) is 0 Å². The van der Waals surface area contributed by atoms with Gasteiger partial charge in [0.2, 0.25) is 0 Å². The second-order valence-electron chi connectivity index (χ2n) is 4.02. The number of aliphatic hydroxyl groups is 2. The molecule has 16 heavy (non-hydrogen) atoms. The predicted octanol–water partition coefficient (Wildman–Crippen LogP) is 0.581. The topological polar surface area (TPSA) is 78.5 Å². The Balaban J connectivity index is 2.78. The van der Waals surface area contributed by atoms with E-state index in [1.54, 1.807) is 12.1 Å². The highest BCUT2D eigenvalue weighted by molar-refractivity contribution is 5.45. The van der Waals surface area contributed by atoms with Crippen LogP contribution in [-0.2, 0) is 0 Å². The van der Waals surface area contributed by atoms with Gasteiger partial charge in [0.1, 0.15) is 6.10 Å². The predicted molar refractivity (Wildman–Crippen MR) is 65.1 cm³/mol. The first-order valence-corrected chi connectivity index (χ1v) is 5.43. The highest BCUT2D eigenvalue weighted by atomic mass is 16.3. The molecule has 1 rings (SSSR count). The quantitative estimate of drug-likeness (QED) is 0.552. The summed E-state index contributed by atoms with van der Waals surface area (Å²) in [7, 11) is 1.81. The fraction of sp³-hybridized carbons (Fsp3) is 0.500. The van der Waals surface area contributed by atoms with Crippen molar-refractivity contribution in [1.82, 2.24) is 5.32 Å². The van der Waals surface area contributed by atoms with Gasteiger partial charge in [-0.3, -0.25) is 0 Å². The van der Waals surface area contributed by atoms with Crippen LogP contribution in [0.2, 0.25) is 0 Å². The molecule has 1 aromatic rings. The van der Waals surface area contributed by atoms with Crippen LogP contribution in [0.5, 0.6) is 0 Å². The number of aryl methyl sites for hydroxylation is 1. The van der Waals surface area contributed by atoms with E-state index in [1.807, 2.05) is 20.0 Å². The van der Waals surface area contributed by atoms with Crippen molar-refractivity contribution in [3.63, 3.8) is 0 Å². The zero-order valence-electron chi connectivity index (χ0n) is 9.77. The van der Waals surface area contributed by atoms with Gasteiger partial charge >= 0.3 is 0 Å². The maximum absolute atomic E-state index is 9.99.